The molecule has 6 nitrogen and oxygen atoms in total. The molecular formula is C21H18FN3O3. The number of benzene rings is 1. The Bertz CT molecular complexity index is 1010. The first-order chi connectivity index (χ1) is 13.7. The molecule has 142 valence electrons. The summed E-state index contributed by atoms with van der Waals surface area (Å²) in [5.41, 5.74) is 3.16. The highest BCUT2D eigenvalue weighted by Crippen LogP contribution is 2.21. The highest BCUT2D eigenvalue weighted by atomic mass is 19.1. The molecule has 0 fully saturated rings. The topological polar surface area (TPSA) is 73.3 Å². The molecule has 0 unspecified atom stereocenters. The van der Waals surface area contributed by atoms with Crippen LogP contribution in [0.2, 0.25) is 0 Å². The third kappa shape index (κ3) is 3.99. The molecule has 0 bridgehead atoms. The molecule has 7 heteroatoms. The summed E-state index contributed by atoms with van der Waals surface area (Å²) < 4.78 is 24.8. The Hall–Kier alpha value is -3.32. The minimum Gasteiger partial charge on any atom is -0.472 e. The average molecular weight is 379 g/mol. The van der Waals surface area contributed by atoms with Gasteiger partial charge in [0.1, 0.15) is 18.0 Å². The molecule has 0 saturated heterocycles. The number of carbonyl (C=O) groups excluding carboxylic acids is 1. The van der Waals surface area contributed by atoms with E-state index in [2.05, 4.69) is 15.3 Å². The summed E-state index contributed by atoms with van der Waals surface area (Å²) in [7, 11) is 0. The van der Waals surface area contributed by atoms with Crippen molar-refractivity contribution < 1.29 is 18.7 Å². The van der Waals surface area contributed by atoms with E-state index in [-0.39, 0.29) is 29.8 Å². The Kier molecular flexibility index (Phi) is 5.25. The van der Waals surface area contributed by atoms with Crippen molar-refractivity contribution >= 4 is 11.6 Å². The number of nitrogens with zero attached hydrogens (tertiary/aromatic N) is 2. The summed E-state index contributed by atoms with van der Waals surface area (Å²) in [4.78, 5) is 21.2. The lowest BCUT2D eigenvalue weighted by Gasteiger charge is -2.16. The maximum atomic E-state index is 13.8. The number of fused-ring (bicyclic) bond motifs is 1. The van der Waals surface area contributed by atoms with E-state index in [1.165, 1.54) is 12.3 Å². The highest BCUT2D eigenvalue weighted by Gasteiger charge is 2.17. The minimum absolute atomic E-state index is 0.0261. The molecule has 0 radical (unpaired) electrons. The average Bonchev–Trinajstić information content (AvgIpc) is 2.73. The van der Waals surface area contributed by atoms with Crippen LogP contribution in [-0.4, -0.2) is 22.5 Å². The molecule has 0 atom stereocenters. The van der Waals surface area contributed by atoms with Crippen LogP contribution in [-0.2, 0) is 24.4 Å². The fraction of sp³-hybridized carbons (Fsp3) is 0.190. The standard InChI is InChI=1S/C21H18FN3O3/c22-18-6-2-1-4-14(18)13-28-21-17(5-3-8-23-21)20(26)25-16-10-15-12-27-9-7-19(15)24-11-16/h1-6,8,10-11H,7,9,12-13H2,(H,25,26). The van der Waals surface area contributed by atoms with E-state index in [4.69, 9.17) is 9.47 Å². The van der Waals surface area contributed by atoms with Gasteiger partial charge in [0.25, 0.3) is 5.91 Å². The van der Waals surface area contributed by atoms with Crippen molar-refractivity contribution in [1.82, 2.24) is 9.97 Å². The Balaban J connectivity index is 1.49. The Morgan fingerprint density at radius 1 is 1.21 bits per heavy atom. The molecular weight excluding hydrogens is 361 g/mol. The van der Waals surface area contributed by atoms with Crippen LogP contribution >= 0.6 is 0 Å². The Labute approximate surface area is 161 Å². The quantitative estimate of drug-likeness (QED) is 0.734. The summed E-state index contributed by atoms with van der Waals surface area (Å²) in [5.74, 6) is -0.612. The summed E-state index contributed by atoms with van der Waals surface area (Å²) in [6.45, 7) is 1.11. The van der Waals surface area contributed by atoms with Crippen LogP contribution in [0, 0.1) is 5.82 Å². The Morgan fingerprint density at radius 3 is 3.00 bits per heavy atom. The first-order valence-electron chi connectivity index (χ1n) is 8.89. The van der Waals surface area contributed by atoms with Crippen molar-refractivity contribution in [2.75, 3.05) is 11.9 Å². The first-order valence-corrected chi connectivity index (χ1v) is 8.89. The minimum atomic E-state index is -0.380. The predicted octanol–water partition coefficient (Wildman–Crippen LogP) is 3.52. The number of amides is 1. The third-order valence-electron chi connectivity index (χ3n) is 4.40. The smallest absolute Gasteiger partial charge is 0.261 e. The third-order valence-corrected chi connectivity index (χ3v) is 4.40. The van der Waals surface area contributed by atoms with E-state index in [0.29, 0.717) is 24.5 Å². The number of hydrogen-bond donors (Lipinski definition) is 1. The van der Waals surface area contributed by atoms with Gasteiger partial charge in [-0.25, -0.2) is 9.37 Å². The van der Waals surface area contributed by atoms with Crippen LogP contribution in [0.25, 0.3) is 0 Å². The number of hydrogen-bond acceptors (Lipinski definition) is 5. The predicted molar refractivity (Wildman–Crippen MR) is 101 cm³/mol. The van der Waals surface area contributed by atoms with Crippen LogP contribution in [0.15, 0.2) is 54.9 Å². The summed E-state index contributed by atoms with van der Waals surface area (Å²) in [6.07, 6.45) is 3.91. The van der Waals surface area contributed by atoms with Gasteiger partial charge in [0.2, 0.25) is 5.88 Å². The van der Waals surface area contributed by atoms with E-state index in [1.807, 2.05) is 6.07 Å². The van der Waals surface area contributed by atoms with E-state index in [1.54, 1.807) is 36.5 Å². The zero-order chi connectivity index (χ0) is 19.3. The first kappa shape index (κ1) is 18.1. The van der Waals surface area contributed by atoms with E-state index in [0.717, 1.165) is 17.7 Å². The van der Waals surface area contributed by atoms with Crippen molar-refractivity contribution in [3.05, 3.63) is 83.1 Å². The molecule has 3 heterocycles. The van der Waals surface area contributed by atoms with Crippen LogP contribution in [0.1, 0.15) is 27.2 Å². The molecule has 28 heavy (non-hydrogen) atoms. The maximum absolute atomic E-state index is 13.8. The number of anilines is 1. The lowest BCUT2D eigenvalue weighted by molar-refractivity contribution is 0.102. The van der Waals surface area contributed by atoms with E-state index in [9.17, 15) is 9.18 Å². The largest absolute Gasteiger partial charge is 0.472 e. The lowest BCUT2D eigenvalue weighted by atomic mass is 10.1. The van der Waals surface area contributed by atoms with E-state index < -0.39 is 0 Å². The van der Waals surface area contributed by atoms with Crippen molar-refractivity contribution in [2.24, 2.45) is 0 Å². The number of halogens is 1. The molecule has 2 aromatic heterocycles. The van der Waals surface area contributed by atoms with Crippen molar-refractivity contribution in [3.63, 3.8) is 0 Å². The molecule has 3 aromatic rings. The number of carbonyl (C=O) groups is 1. The molecule has 1 N–H and O–H groups in total. The highest BCUT2D eigenvalue weighted by molar-refractivity contribution is 6.05. The van der Waals surface area contributed by atoms with Crippen LogP contribution < -0.4 is 10.1 Å². The number of aromatic nitrogens is 2. The molecule has 4 rings (SSSR count). The van der Waals surface area contributed by atoms with Crippen molar-refractivity contribution in [1.29, 1.82) is 0 Å². The monoisotopic (exact) mass is 379 g/mol. The zero-order valence-corrected chi connectivity index (χ0v) is 15.0. The second-order valence-electron chi connectivity index (χ2n) is 6.32. The van der Waals surface area contributed by atoms with Gasteiger partial charge in [-0.1, -0.05) is 18.2 Å². The van der Waals surface area contributed by atoms with Gasteiger partial charge in [-0.2, -0.15) is 0 Å². The van der Waals surface area contributed by atoms with Crippen molar-refractivity contribution in [3.8, 4) is 5.88 Å². The number of pyridine rings is 2. The van der Waals surface area contributed by atoms with Crippen LogP contribution in [0.5, 0.6) is 5.88 Å². The molecule has 0 spiro atoms. The van der Waals surface area contributed by atoms with Gasteiger partial charge in [-0.3, -0.25) is 9.78 Å². The van der Waals surface area contributed by atoms with Gasteiger partial charge in [0.15, 0.2) is 0 Å². The molecule has 1 aromatic carbocycles. The van der Waals surface area contributed by atoms with Crippen molar-refractivity contribution in [2.45, 2.75) is 19.6 Å². The summed E-state index contributed by atoms with van der Waals surface area (Å²) >= 11 is 0. The fourth-order valence-corrected chi connectivity index (χ4v) is 2.95. The van der Waals surface area contributed by atoms with Gasteiger partial charge in [-0.15, -0.1) is 0 Å². The van der Waals surface area contributed by atoms with Gasteiger partial charge in [-0.05, 0) is 24.3 Å². The van der Waals surface area contributed by atoms with Crippen LogP contribution in [0.4, 0.5) is 10.1 Å². The number of nitrogens with one attached hydrogen (secondary N) is 1. The maximum Gasteiger partial charge on any atom is 0.261 e. The van der Waals surface area contributed by atoms with Gasteiger partial charge in [0, 0.05) is 29.4 Å². The molecule has 1 amide bonds. The second kappa shape index (κ2) is 8.14. The normalized spacial score (nSPS) is 12.9. The SMILES string of the molecule is O=C(Nc1cnc2c(c1)COCC2)c1cccnc1OCc1ccccc1F. The van der Waals surface area contributed by atoms with Gasteiger partial charge in [0.05, 0.1) is 25.1 Å². The number of ether oxygens (including phenoxy) is 2. The van der Waals surface area contributed by atoms with Gasteiger partial charge >= 0.3 is 0 Å². The van der Waals surface area contributed by atoms with E-state index >= 15 is 0 Å². The summed E-state index contributed by atoms with van der Waals surface area (Å²) in [6, 6.07) is 11.4. The molecule has 1 aliphatic rings. The molecule has 0 saturated carbocycles. The summed E-state index contributed by atoms with van der Waals surface area (Å²) in [5, 5.41) is 2.81. The Morgan fingerprint density at radius 2 is 2.11 bits per heavy atom. The molecule has 1 aliphatic heterocycles. The van der Waals surface area contributed by atoms with Gasteiger partial charge < -0.3 is 14.8 Å². The molecule has 0 aliphatic carbocycles. The fourth-order valence-electron chi connectivity index (χ4n) is 2.95. The lowest BCUT2D eigenvalue weighted by Crippen LogP contribution is -2.17. The second-order valence-corrected chi connectivity index (χ2v) is 6.32. The number of rotatable bonds is 5. The zero-order valence-electron chi connectivity index (χ0n) is 15.0. The van der Waals surface area contributed by atoms with Crippen LogP contribution in [0.3, 0.4) is 0 Å².